The molecule has 5 aromatic rings. The molecule has 2 heterocycles. The number of nitrogens with one attached hydrogen (secondary N) is 1. The lowest BCUT2D eigenvalue weighted by molar-refractivity contribution is -0.146. The van der Waals surface area contributed by atoms with Crippen molar-refractivity contribution >= 4 is 23.0 Å². The van der Waals surface area contributed by atoms with Gasteiger partial charge in [-0.15, -0.1) is 11.3 Å². The number of hydrogen-bond acceptors (Lipinski definition) is 7. The monoisotopic (exact) mass is 535 g/mol. The normalized spacial score (nSPS) is 13.7. The third-order valence-corrected chi connectivity index (χ3v) is 8.26. The van der Waals surface area contributed by atoms with Gasteiger partial charge in [-0.3, -0.25) is 4.79 Å². The zero-order valence-electron chi connectivity index (χ0n) is 21.9. The summed E-state index contributed by atoms with van der Waals surface area (Å²) in [5.74, 6) is 0.605. The molecule has 7 heteroatoms. The van der Waals surface area contributed by atoms with Crippen molar-refractivity contribution in [2.24, 2.45) is 0 Å². The summed E-state index contributed by atoms with van der Waals surface area (Å²) < 4.78 is 11.0. The Morgan fingerprint density at radius 2 is 1.62 bits per heavy atom. The number of esters is 1. The molecule has 1 aliphatic rings. The summed E-state index contributed by atoms with van der Waals surface area (Å²) in [4.78, 5) is 18.1. The van der Waals surface area contributed by atoms with Crippen molar-refractivity contribution in [1.82, 2.24) is 10.1 Å². The van der Waals surface area contributed by atoms with Crippen LogP contribution in [0.4, 0.5) is 5.69 Å². The first kappa shape index (κ1) is 25.1. The number of aromatic nitrogens is 2. The van der Waals surface area contributed by atoms with Gasteiger partial charge in [-0.25, -0.2) is 4.98 Å². The fourth-order valence-electron chi connectivity index (χ4n) is 4.85. The summed E-state index contributed by atoms with van der Waals surface area (Å²) in [5.41, 5.74) is 6.54. The molecule has 6 nitrogen and oxygen atoms in total. The number of carbonyl (C=O) groups excluding carboxylic acids is 1. The van der Waals surface area contributed by atoms with Gasteiger partial charge in [-0.2, -0.15) is 0 Å². The summed E-state index contributed by atoms with van der Waals surface area (Å²) in [5, 5.41) is 8.73. The summed E-state index contributed by atoms with van der Waals surface area (Å²) in [6.07, 6.45) is 3.62. The molecule has 0 amide bonds. The quantitative estimate of drug-likeness (QED) is 0.195. The second-order valence-corrected chi connectivity index (χ2v) is 10.9. The molecule has 6 rings (SSSR count). The fraction of sp³-hybridized carbons (Fsp3) is 0.219. The van der Waals surface area contributed by atoms with Crippen LogP contribution in [0.2, 0.25) is 0 Å². The Morgan fingerprint density at radius 1 is 0.949 bits per heavy atom. The van der Waals surface area contributed by atoms with Gasteiger partial charge in [0, 0.05) is 22.2 Å². The third kappa shape index (κ3) is 4.98. The summed E-state index contributed by atoms with van der Waals surface area (Å²) in [6.45, 7) is 4.84. The highest BCUT2D eigenvalue weighted by Crippen LogP contribution is 2.49. The predicted molar refractivity (Wildman–Crippen MR) is 155 cm³/mol. The highest BCUT2D eigenvalue weighted by Gasteiger charge is 2.52. The summed E-state index contributed by atoms with van der Waals surface area (Å²) in [6, 6.07) is 26.7. The fourth-order valence-corrected chi connectivity index (χ4v) is 5.71. The van der Waals surface area contributed by atoms with Crippen molar-refractivity contribution in [3.63, 3.8) is 0 Å². The van der Waals surface area contributed by atoms with Crippen LogP contribution >= 0.6 is 11.3 Å². The van der Waals surface area contributed by atoms with E-state index in [0.717, 1.165) is 61.9 Å². The van der Waals surface area contributed by atoms with Crippen molar-refractivity contribution < 1.29 is 14.1 Å². The van der Waals surface area contributed by atoms with Crippen LogP contribution in [-0.4, -0.2) is 22.7 Å². The molecule has 1 saturated carbocycles. The first-order valence-corrected chi connectivity index (χ1v) is 14.0. The molecule has 0 unspecified atom stereocenters. The van der Waals surface area contributed by atoms with Gasteiger partial charge in [0.05, 0.1) is 18.6 Å². The van der Waals surface area contributed by atoms with Crippen molar-refractivity contribution in [2.75, 3.05) is 11.9 Å². The van der Waals surface area contributed by atoms with Crippen LogP contribution < -0.4 is 5.32 Å². The molecule has 0 radical (unpaired) electrons. The summed E-state index contributed by atoms with van der Waals surface area (Å²) >= 11 is 1.67. The minimum absolute atomic E-state index is 0.110. The van der Waals surface area contributed by atoms with E-state index in [0.29, 0.717) is 18.9 Å². The smallest absolute Gasteiger partial charge is 0.316 e. The number of benzene rings is 3. The van der Waals surface area contributed by atoms with Gasteiger partial charge in [0.2, 0.25) is 0 Å². The van der Waals surface area contributed by atoms with Gasteiger partial charge >= 0.3 is 5.97 Å². The Bertz CT molecular complexity index is 1580. The van der Waals surface area contributed by atoms with E-state index in [9.17, 15) is 4.79 Å². The van der Waals surface area contributed by atoms with Crippen molar-refractivity contribution in [3.05, 3.63) is 101 Å². The van der Waals surface area contributed by atoms with Gasteiger partial charge < -0.3 is 14.6 Å². The Hall–Kier alpha value is -4.23. The van der Waals surface area contributed by atoms with Crippen molar-refractivity contribution in [3.8, 4) is 33.0 Å². The zero-order chi connectivity index (χ0) is 26.8. The average molecular weight is 536 g/mol. The number of aryl methyl sites for hydroxylation is 1. The molecular formula is C32H29N3O3S. The maximum Gasteiger partial charge on any atom is 0.316 e. The molecule has 0 saturated heterocycles. The number of nitrogens with zero attached hydrogens (tertiary/aromatic N) is 2. The lowest BCUT2D eigenvalue weighted by Gasteiger charge is -2.14. The van der Waals surface area contributed by atoms with Crippen LogP contribution in [0.3, 0.4) is 0 Å². The van der Waals surface area contributed by atoms with Crippen molar-refractivity contribution in [1.29, 1.82) is 0 Å². The molecular weight excluding hydrogens is 506 g/mol. The zero-order valence-corrected chi connectivity index (χ0v) is 22.8. The first-order chi connectivity index (χ1) is 19.1. The van der Waals surface area contributed by atoms with E-state index >= 15 is 0 Å². The minimum Gasteiger partial charge on any atom is -0.465 e. The number of anilines is 1. The number of carbonyl (C=O) groups is 1. The van der Waals surface area contributed by atoms with Gasteiger partial charge in [0.1, 0.15) is 16.4 Å². The molecule has 196 valence electrons. The predicted octanol–water partition coefficient (Wildman–Crippen LogP) is 7.65. The lowest BCUT2D eigenvalue weighted by Crippen LogP contribution is -2.23. The highest BCUT2D eigenvalue weighted by atomic mass is 32.1. The van der Waals surface area contributed by atoms with E-state index < -0.39 is 5.41 Å². The van der Waals surface area contributed by atoms with Crippen LogP contribution in [0.1, 0.15) is 35.9 Å². The van der Waals surface area contributed by atoms with Gasteiger partial charge in [-0.05, 0) is 43.4 Å². The van der Waals surface area contributed by atoms with Crippen molar-refractivity contribution in [2.45, 2.75) is 38.6 Å². The maximum atomic E-state index is 12.4. The second kappa shape index (κ2) is 10.5. The molecule has 1 fully saturated rings. The Labute approximate surface area is 231 Å². The molecule has 0 bridgehead atoms. The van der Waals surface area contributed by atoms with E-state index in [-0.39, 0.29) is 5.97 Å². The van der Waals surface area contributed by atoms with Crippen LogP contribution in [0.5, 0.6) is 0 Å². The van der Waals surface area contributed by atoms with Crippen LogP contribution in [0.15, 0.2) is 89.6 Å². The second-order valence-electron chi connectivity index (χ2n) is 9.78. The highest BCUT2D eigenvalue weighted by molar-refractivity contribution is 7.15. The number of hydrogen-bond donors (Lipinski definition) is 1. The molecule has 0 atom stereocenters. The van der Waals surface area contributed by atoms with E-state index in [1.807, 2.05) is 38.2 Å². The lowest BCUT2D eigenvalue weighted by atomic mass is 9.93. The average Bonchev–Trinajstić information content (AvgIpc) is 3.52. The number of rotatable bonds is 9. The topological polar surface area (TPSA) is 77.2 Å². The van der Waals surface area contributed by atoms with Crippen LogP contribution in [0.25, 0.3) is 33.0 Å². The Balaban J connectivity index is 1.16. The van der Waals surface area contributed by atoms with E-state index in [2.05, 4.69) is 76.1 Å². The largest absolute Gasteiger partial charge is 0.465 e. The standard InChI is InChI=1S/C32H29N3O3S/c1-3-37-31(36)32(17-18-32)26-15-13-23(14-16-26)22-9-11-24(12-10-22)29-28(21(2)35-38-29)33-19-27-20-34-30(39-27)25-7-5-4-6-8-25/h4-16,20,33H,3,17-19H2,1-2H3. The molecule has 39 heavy (non-hydrogen) atoms. The number of ether oxygens (including phenoxy) is 1. The molecule has 3 aromatic carbocycles. The Kier molecular flexibility index (Phi) is 6.75. The molecule has 2 aromatic heterocycles. The molecule has 0 aliphatic heterocycles. The molecule has 1 N–H and O–H groups in total. The van der Waals surface area contributed by atoms with E-state index in [1.54, 1.807) is 11.3 Å². The van der Waals surface area contributed by atoms with E-state index in [4.69, 9.17) is 9.26 Å². The minimum atomic E-state index is -0.450. The maximum absolute atomic E-state index is 12.4. The number of thiazole rings is 1. The first-order valence-electron chi connectivity index (χ1n) is 13.2. The molecule has 0 spiro atoms. The SMILES string of the molecule is CCOC(=O)C1(c2ccc(-c3ccc(-c4onc(C)c4NCc4cnc(-c5ccccc5)s4)cc3)cc2)CC1. The van der Waals surface area contributed by atoms with Gasteiger partial charge in [0.15, 0.2) is 5.76 Å². The van der Waals surface area contributed by atoms with Crippen LogP contribution in [0, 0.1) is 6.92 Å². The van der Waals surface area contributed by atoms with E-state index in [1.165, 1.54) is 0 Å². The third-order valence-electron chi connectivity index (χ3n) is 7.21. The summed E-state index contributed by atoms with van der Waals surface area (Å²) in [7, 11) is 0. The van der Waals surface area contributed by atoms with Gasteiger partial charge in [0.25, 0.3) is 0 Å². The Morgan fingerprint density at radius 3 is 2.28 bits per heavy atom. The molecule has 1 aliphatic carbocycles. The van der Waals surface area contributed by atoms with Crippen LogP contribution in [-0.2, 0) is 21.5 Å². The van der Waals surface area contributed by atoms with Gasteiger partial charge in [-0.1, -0.05) is 84.0 Å².